The van der Waals surface area contributed by atoms with Crippen LogP contribution in [0.25, 0.3) is 0 Å². The second-order valence-corrected chi connectivity index (χ2v) is 12.8. The van der Waals surface area contributed by atoms with Crippen LogP contribution in [0.4, 0.5) is 0 Å². The van der Waals surface area contributed by atoms with Gasteiger partial charge in [0.2, 0.25) is 0 Å². The lowest BCUT2D eigenvalue weighted by Gasteiger charge is -2.36. The lowest BCUT2D eigenvalue weighted by molar-refractivity contribution is -0.147. The minimum atomic E-state index is -2.09. The van der Waals surface area contributed by atoms with E-state index in [1.807, 2.05) is 0 Å². The normalized spacial score (nSPS) is 14.9. The van der Waals surface area contributed by atoms with Gasteiger partial charge < -0.3 is 9.16 Å². The third-order valence-electron chi connectivity index (χ3n) is 3.17. The number of esters is 1. The molecule has 0 aliphatic carbocycles. The summed E-state index contributed by atoms with van der Waals surface area (Å²) < 4.78 is 8.85. The summed E-state index contributed by atoms with van der Waals surface area (Å²) in [7, 11) is -1.92. The van der Waals surface area contributed by atoms with Gasteiger partial charge in [0.1, 0.15) is 6.10 Å². The molecule has 3 nitrogen and oxygen atoms in total. The number of hydrogen-bond donors (Lipinski definition) is 0. The Morgan fingerprint density at radius 3 is 2.11 bits per heavy atom. The second-order valence-electron chi connectivity index (χ2n) is 5.75. The molecule has 0 aromatic rings. The van der Waals surface area contributed by atoms with Gasteiger partial charge >= 0.3 is 5.97 Å². The molecule has 0 heterocycles. The van der Waals surface area contributed by atoms with Crippen LogP contribution in [-0.4, -0.2) is 30.8 Å². The van der Waals surface area contributed by atoms with E-state index in [4.69, 9.17) is 44.0 Å². The van der Waals surface area contributed by atoms with Crippen LogP contribution in [0.3, 0.4) is 0 Å². The van der Waals surface area contributed by atoms with Gasteiger partial charge in [0.15, 0.2) is 8.32 Å². The van der Waals surface area contributed by atoms with Crippen molar-refractivity contribution in [3.63, 3.8) is 0 Å². The molecule has 0 N–H and O–H groups in total. The highest BCUT2D eigenvalue weighted by atomic mass is 35.6. The monoisotopic (exact) mass is 346 g/mol. The predicted octanol–water partition coefficient (Wildman–Crippen LogP) is 4.48. The van der Waals surface area contributed by atoms with Gasteiger partial charge in [-0.2, -0.15) is 0 Å². The number of rotatable bonds is 5. The lowest BCUT2D eigenvalue weighted by atomic mass is 10.2. The SMILES string of the molecule is C=CC(CO[Si](C)(C)C(C)(C)C)OC(=O)C(Cl)(Cl)Cl. The fraction of sp³-hybridized carbons (Fsp3) is 0.750. The van der Waals surface area contributed by atoms with E-state index in [0.29, 0.717) is 0 Å². The molecule has 0 saturated heterocycles. The molecule has 0 aliphatic heterocycles. The van der Waals surface area contributed by atoms with E-state index in [1.165, 1.54) is 6.08 Å². The molecular weight excluding hydrogens is 327 g/mol. The minimum Gasteiger partial charge on any atom is -0.453 e. The Kier molecular flexibility index (Phi) is 6.90. The van der Waals surface area contributed by atoms with Crippen LogP contribution in [-0.2, 0) is 14.0 Å². The molecule has 0 aromatic heterocycles. The van der Waals surface area contributed by atoms with Crippen molar-refractivity contribution in [2.45, 2.75) is 48.8 Å². The molecule has 0 aliphatic rings. The molecular formula is C12H21Cl3O3Si. The predicted molar refractivity (Wildman–Crippen MR) is 83.5 cm³/mol. The van der Waals surface area contributed by atoms with E-state index < -0.39 is 24.2 Å². The summed E-state index contributed by atoms with van der Waals surface area (Å²) in [6.45, 7) is 14.4. The Bertz CT molecular complexity index is 332. The number of ether oxygens (including phenoxy) is 1. The number of alkyl halides is 3. The maximum atomic E-state index is 11.4. The van der Waals surface area contributed by atoms with Gasteiger partial charge in [-0.25, -0.2) is 4.79 Å². The van der Waals surface area contributed by atoms with E-state index in [-0.39, 0.29) is 11.6 Å². The zero-order valence-corrected chi connectivity index (χ0v) is 15.2. The third kappa shape index (κ3) is 6.49. The summed E-state index contributed by atoms with van der Waals surface area (Å²) in [5.74, 6) is -0.929. The Labute approximate surface area is 131 Å². The summed E-state index contributed by atoms with van der Waals surface area (Å²) in [6, 6.07) is 0. The first-order valence-electron chi connectivity index (χ1n) is 5.85. The van der Waals surface area contributed by atoms with Gasteiger partial charge in [0, 0.05) is 0 Å². The van der Waals surface area contributed by atoms with Gasteiger partial charge in [0.05, 0.1) is 6.61 Å². The first-order chi connectivity index (χ1) is 8.31. The molecule has 0 saturated carbocycles. The third-order valence-corrected chi connectivity index (χ3v) is 8.13. The number of halogens is 3. The van der Waals surface area contributed by atoms with Crippen molar-refractivity contribution in [2.24, 2.45) is 0 Å². The molecule has 0 spiro atoms. The molecule has 19 heavy (non-hydrogen) atoms. The van der Waals surface area contributed by atoms with Crippen molar-refractivity contribution in [2.75, 3.05) is 6.61 Å². The fourth-order valence-electron chi connectivity index (χ4n) is 0.861. The van der Waals surface area contributed by atoms with Crippen molar-refractivity contribution >= 4 is 49.1 Å². The zero-order chi connectivity index (χ0) is 15.5. The van der Waals surface area contributed by atoms with E-state index in [2.05, 4.69) is 40.4 Å². The van der Waals surface area contributed by atoms with Crippen LogP contribution < -0.4 is 0 Å². The number of carbonyl (C=O) groups excluding carboxylic acids is 1. The molecule has 0 bridgehead atoms. The fourth-order valence-corrected chi connectivity index (χ4v) is 2.01. The maximum absolute atomic E-state index is 11.4. The van der Waals surface area contributed by atoms with Crippen molar-refractivity contribution in [3.8, 4) is 0 Å². The molecule has 0 fully saturated rings. The number of hydrogen-bond acceptors (Lipinski definition) is 3. The first-order valence-corrected chi connectivity index (χ1v) is 9.90. The van der Waals surface area contributed by atoms with Crippen LogP contribution in [0.5, 0.6) is 0 Å². The van der Waals surface area contributed by atoms with E-state index in [0.717, 1.165) is 0 Å². The van der Waals surface area contributed by atoms with E-state index in [9.17, 15) is 4.79 Å². The quantitative estimate of drug-likeness (QED) is 0.318. The highest BCUT2D eigenvalue weighted by Gasteiger charge is 2.38. The topological polar surface area (TPSA) is 35.5 Å². The van der Waals surface area contributed by atoms with Crippen molar-refractivity contribution < 1.29 is 14.0 Å². The molecule has 0 amide bonds. The van der Waals surface area contributed by atoms with Gasteiger partial charge in [-0.05, 0) is 24.2 Å². The highest BCUT2D eigenvalue weighted by Crippen LogP contribution is 2.36. The summed E-state index contributed by atoms with van der Waals surface area (Å²) >= 11 is 16.3. The van der Waals surface area contributed by atoms with Gasteiger partial charge in [-0.1, -0.05) is 62.2 Å². The number of carbonyl (C=O) groups is 1. The Morgan fingerprint density at radius 1 is 1.32 bits per heavy atom. The molecule has 1 unspecified atom stereocenters. The summed E-state index contributed by atoms with van der Waals surface area (Å²) in [4.78, 5) is 11.4. The molecule has 112 valence electrons. The summed E-state index contributed by atoms with van der Waals surface area (Å²) in [5, 5.41) is 0.0674. The highest BCUT2D eigenvalue weighted by molar-refractivity contribution is 6.75. The second kappa shape index (κ2) is 6.81. The van der Waals surface area contributed by atoms with Crippen LogP contribution in [0.2, 0.25) is 18.1 Å². The van der Waals surface area contributed by atoms with Crippen molar-refractivity contribution in [1.29, 1.82) is 0 Å². The molecule has 0 radical (unpaired) electrons. The zero-order valence-electron chi connectivity index (χ0n) is 11.9. The smallest absolute Gasteiger partial charge is 0.359 e. The van der Waals surface area contributed by atoms with Gasteiger partial charge in [-0.3, -0.25) is 0 Å². The average Bonchev–Trinajstić information content (AvgIpc) is 2.20. The average molecular weight is 348 g/mol. The Balaban J connectivity index is 4.53. The van der Waals surface area contributed by atoms with Crippen LogP contribution in [0, 0.1) is 0 Å². The Hall–Kier alpha value is 0.257. The lowest BCUT2D eigenvalue weighted by Crippen LogP contribution is -2.43. The largest absolute Gasteiger partial charge is 0.453 e. The van der Waals surface area contributed by atoms with Crippen LogP contribution >= 0.6 is 34.8 Å². The standard InChI is InChI=1S/C12H21Cl3O3Si/c1-7-9(18-10(16)12(13,14)15)8-17-19(5,6)11(2,3)4/h7,9H,1,8H2,2-6H3. The molecule has 1 atom stereocenters. The molecule has 7 heteroatoms. The van der Waals surface area contributed by atoms with Gasteiger partial charge in [0.25, 0.3) is 3.79 Å². The van der Waals surface area contributed by atoms with E-state index >= 15 is 0 Å². The van der Waals surface area contributed by atoms with Crippen LogP contribution in [0.15, 0.2) is 12.7 Å². The molecule has 0 aromatic carbocycles. The van der Waals surface area contributed by atoms with Crippen LogP contribution in [0.1, 0.15) is 20.8 Å². The Morgan fingerprint density at radius 2 is 1.79 bits per heavy atom. The van der Waals surface area contributed by atoms with Crippen molar-refractivity contribution in [1.82, 2.24) is 0 Å². The molecule has 0 rings (SSSR count). The summed E-state index contributed by atoms with van der Waals surface area (Å²) in [5.41, 5.74) is 0. The van der Waals surface area contributed by atoms with E-state index in [1.54, 1.807) is 0 Å². The first kappa shape index (κ1) is 19.3. The maximum Gasteiger partial charge on any atom is 0.359 e. The van der Waals surface area contributed by atoms with Gasteiger partial charge in [-0.15, -0.1) is 0 Å². The van der Waals surface area contributed by atoms with Crippen molar-refractivity contribution in [3.05, 3.63) is 12.7 Å². The minimum absolute atomic E-state index is 0.0674. The summed E-state index contributed by atoms with van der Waals surface area (Å²) in [6.07, 6.45) is 0.832.